The molecule has 1 aromatic carbocycles. The number of hydrogen-bond donors (Lipinski definition) is 1. The van der Waals surface area contributed by atoms with Crippen molar-refractivity contribution in [3.63, 3.8) is 0 Å². The lowest BCUT2D eigenvalue weighted by molar-refractivity contribution is -0.141. The zero-order chi connectivity index (χ0) is 12.3. The first-order valence-electron chi connectivity index (χ1n) is 5.41. The van der Waals surface area contributed by atoms with Gasteiger partial charge in [0.05, 0.1) is 20.1 Å². The Hall–Kier alpha value is -1.75. The Labute approximate surface area is 99.6 Å². The molecule has 1 aliphatic heterocycles. The van der Waals surface area contributed by atoms with Crippen molar-refractivity contribution in [1.29, 1.82) is 0 Å². The zero-order valence-electron chi connectivity index (χ0n) is 9.86. The lowest BCUT2D eigenvalue weighted by Crippen LogP contribution is -2.11. The minimum atomic E-state index is -0.220. The van der Waals surface area contributed by atoms with E-state index in [0.29, 0.717) is 18.8 Å². The molecule has 92 valence electrons. The summed E-state index contributed by atoms with van der Waals surface area (Å²) in [6.45, 7) is 0.507. The van der Waals surface area contributed by atoms with Gasteiger partial charge in [0, 0.05) is 24.6 Å². The number of methoxy groups -OCH3 is 1. The maximum absolute atomic E-state index is 11.2. The number of hydroxylamine groups is 1. The van der Waals surface area contributed by atoms with E-state index in [4.69, 9.17) is 9.57 Å². The molecule has 17 heavy (non-hydrogen) atoms. The molecule has 1 N–H and O–H groups in total. The lowest BCUT2D eigenvalue weighted by Gasteiger charge is -2.07. The molecule has 1 aliphatic rings. The molecule has 1 heterocycles. The summed E-state index contributed by atoms with van der Waals surface area (Å²) in [4.78, 5) is 16.4. The summed E-state index contributed by atoms with van der Waals surface area (Å²) in [5, 5.41) is 0. The molecule has 1 unspecified atom stereocenters. The summed E-state index contributed by atoms with van der Waals surface area (Å²) < 4.78 is 10.2. The number of nitrogens with one attached hydrogen (secondary N) is 1. The number of carbonyl (C=O) groups is 1. The third-order valence-corrected chi connectivity index (χ3v) is 2.73. The van der Waals surface area contributed by atoms with E-state index < -0.39 is 0 Å². The van der Waals surface area contributed by atoms with Gasteiger partial charge in [-0.15, -0.1) is 0 Å². The molecule has 0 amide bonds. The molecule has 0 bridgehead atoms. The van der Waals surface area contributed by atoms with Crippen molar-refractivity contribution < 1.29 is 19.1 Å². The first kappa shape index (κ1) is 11.7. The van der Waals surface area contributed by atoms with Gasteiger partial charge in [-0.05, 0) is 6.07 Å². The Morgan fingerprint density at radius 1 is 1.59 bits per heavy atom. The van der Waals surface area contributed by atoms with E-state index in [1.165, 1.54) is 7.11 Å². The van der Waals surface area contributed by atoms with Gasteiger partial charge in [-0.2, -0.15) is 5.48 Å². The first-order valence-corrected chi connectivity index (χ1v) is 5.41. The largest absolute Gasteiger partial charge is 0.492 e. The number of carbonyl (C=O) groups excluding carboxylic acids is 1. The smallest absolute Gasteiger partial charge is 0.306 e. The highest BCUT2D eigenvalue weighted by Gasteiger charge is 2.27. The highest BCUT2D eigenvalue weighted by Crippen LogP contribution is 2.38. The molecule has 0 fully saturated rings. The van der Waals surface area contributed by atoms with Crippen LogP contribution in [0.15, 0.2) is 18.2 Å². The second-order valence-electron chi connectivity index (χ2n) is 3.79. The van der Waals surface area contributed by atoms with E-state index >= 15 is 0 Å². The van der Waals surface area contributed by atoms with Crippen LogP contribution in [0.1, 0.15) is 17.9 Å². The van der Waals surface area contributed by atoms with Crippen LogP contribution in [0, 0.1) is 0 Å². The Balaban J connectivity index is 2.13. The van der Waals surface area contributed by atoms with Gasteiger partial charge < -0.3 is 14.3 Å². The quantitative estimate of drug-likeness (QED) is 0.630. The van der Waals surface area contributed by atoms with Gasteiger partial charge in [0.25, 0.3) is 0 Å². The SMILES string of the molecule is CNOc1ccc2c(c1)OCC2CC(=O)OC. The second kappa shape index (κ2) is 5.05. The van der Waals surface area contributed by atoms with E-state index in [9.17, 15) is 4.79 Å². The van der Waals surface area contributed by atoms with Crippen LogP contribution >= 0.6 is 0 Å². The molecule has 0 spiro atoms. The van der Waals surface area contributed by atoms with Crippen molar-refractivity contribution in [3.05, 3.63) is 23.8 Å². The van der Waals surface area contributed by atoms with Crippen molar-refractivity contribution >= 4 is 5.97 Å². The highest BCUT2D eigenvalue weighted by molar-refractivity contribution is 5.71. The summed E-state index contributed by atoms with van der Waals surface area (Å²) in [5.74, 6) is 1.31. The fourth-order valence-electron chi connectivity index (χ4n) is 1.89. The van der Waals surface area contributed by atoms with Gasteiger partial charge in [-0.3, -0.25) is 4.79 Å². The van der Waals surface area contributed by atoms with Crippen molar-refractivity contribution in [3.8, 4) is 11.5 Å². The van der Waals surface area contributed by atoms with Gasteiger partial charge in [0.15, 0.2) is 5.75 Å². The summed E-state index contributed by atoms with van der Waals surface area (Å²) >= 11 is 0. The lowest BCUT2D eigenvalue weighted by atomic mass is 9.98. The molecular weight excluding hydrogens is 222 g/mol. The molecule has 0 saturated carbocycles. The van der Waals surface area contributed by atoms with Crippen molar-refractivity contribution in [2.24, 2.45) is 0 Å². The van der Waals surface area contributed by atoms with E-state index in [0.717, 1.165) is 11.3 Å². The summed E-state index contributed by atoms with van der Waals surface area (Å²) in [7, 11) is 3.08. The summed E-state index contributed by atoms with van der Waals surface area (Å²) in [6.07, 6.45) is 0.343. The van der Waals surface area contributed by atoms with E-state index in [1.807, 2.05) is 18.2 Å². The highest BCUT2D eigenvalue weighted by atomic mass is 16.6. The fourth-order valence-corrected chi connectivity index (χ4v) is 1.89. The van der Waals surface area contributed by atoms with Gasteiger partial charge in [-0.1, -0.05) is 6.07 Å². The third-order valence-electron chi connectivity index (χ3n) is 2.73. The van der Waals surface area contributed by atoms with Crippen LogP contribution in [0.3, 0.4) is 0 Å². The minimum Gasteiger partial charge on any atom is -0.492 e. The van der Waals surface area contributed by atoms with Crippen molar-refractivity contribution in [1.82, 2.24) is 5.48 Å². The van der Waals surface area contributed by atoms with E-state index in [-0.39, 0.29) is 11.9 Å². The predicted molar refractivity (Wildman–Crippen MR) is 61.0 cm³/mol. The molecule has 1 atom stereocenters. The summed E-state index contributed by atoms with van der Waals surface area (Å²) in [6, 6.07) is 5.57. The average molecular weight is 237 g/mol. The third kappa shape index (κ3) is 2.50. The van der Waals surface area contributed by atoms with Crippen LogP contribution in [0.5, 0.6) is 11.5 Å². The Kier molecular flexibility index (Phi) is 3.49. The molecule has 0 aromatic heterocycles. The first-order chi connectivity index (χ1) is 8.24. The number of hydrogen-bond acceptors (Lipinski definition) is 5. The predicted octanol–water partition coefficient (Wildman–Crippen LogP) is 1.24. The second-order valence-corrected chi connectivity index (χ2v) is 3.79. The Morgan fingerprint density at radius 2 is 2.41 bits per heavy atom. The van der Waals surface area contributed by atoms with Gasteiger partial charge in [0.1, 0.15) is 5.75 Å². The molecular formula is C12H15NO4. The maximum Gasteiger partial charge on any atom is 0.306 e. The molecule has 5 heteroatoms. The monoisotopic (exact) mass is 237 g/mol. The van der Waals surface area contributed by atoms with Crippen LogP contribution in [-0.2, 0) is 9.53 Å². The van der Waals surface area contributed by atoms with Crippen LogP contribution in [-0.4, -0.2) is 26.7 Å². The molecule has 5 nitrogen and oxygen atoms in total. The molecule has 0 radical (unpaired) electrons. The molecule has 2 rings (SSSR count). The van der Waals surface area contributed by atoms with Crippen LogP contribution in [0.4, 0.5) is 0 Å². The van der Waals surface area contributed by atoms with E-state index in [2.05, 4.69) is 10.2 Å². The average Bonchev–Trinajstić information content (AvgIpc) is 2.72. The number of esters is 1. The normalized spacial score (nSPS) is 17.2. The van der Waals surface area contributed by atoms with Gasteiger partial charge in [-0.25, -0.2) is 0 Å². The topological polar surface area (TPSA) is 56.8 Å². The molecule has 0 aliphatic carbocycles. The van der Waals surface area contributed by atoms with Gasteiger partial charge >= 0.3 is 5.97 Å². The Morgan fingerprint density at radius 3 is 3.12 bits per heavy atom. The number of ether oxygens (including phenoxy) is 2. The minimum absolute atomic E-state index is 0.0704. The van der Waals surface area contributed by atoms with Gasteiger partial charge in [0.2, 0.25) is 0 Å². The van der Waals surface area contributed by atoms with Crippen molar-refractivity contribution in [2.45, 2.75) is 12.3 Å². The number of benzene rings is 1. The van der Waals surface area contributed by atoms with Crippen LogP contribution in [0.2, 0.25) is 0 Å². The standard InChI is InChI=1S/C12H15NO4/c1-13-17-9-3-4-10-8(5-12(14)15-2)7-16-11(10)6-9/h3-4,6,8,13H,5,7H2,1-2H3. The number of rotatable bonds is 4. The molecule has 0 saturated heterocycles. The molecule has 1 aromatic rings. The summed E-state index contributed by atoms with van der Waals surface area (Å²) in [5.41, 5.74) is 3.62. The zero-order valence-corrected chi connectivity index (χ0v) is 9.86. The maximum atomic E-state index is 11.2. The number of fused-ring (bicyclic) bond motifs is 1. The van der Waals surface area contributed by atoms with Crippen LogP contribution < -0.4 is 15.1 Å². The van der Waals surface area contributed by atoms with Crippen LogP contribution in [0.25, 0.3) is 0 Å². The Bertz CT molecular complexity index is 419. The van der Waals surface area contributed by atoms with Crippen molar-refractivity contribution in [2.75, 3.05) is 20.8 Å². The van der Waals surface area contributed by atoms with E-state index in [1.54, 1.807) is 7.05 Å². The fraction of sp³-hybridized carbons (Fsp3) is 0.417.